The van der Waals surface area contributed by atoms with Gasteiger partial charge in [-0.05, 0) is 48.0 Å². The van der Waals surface area contributed by atoms with E-state index in [1.54, 1.807) is 24.3 Å². The number of ether oxygens (including phenoxy) is 2. The number of nitrogens with one attached hydrogen (secondary N) is 2. The molecule has 0 bridgehead atoms. The fraction of sp³-hybridized carbons (Fsp3) is 0.174. The van der Waals surface area contributed by atoms with E-state index in [2.05, 4.69) is 30.1 Å². The summed E-state index contributed by atoms with van der Waals surface area (Å²) in [6.45, 7) is 0.750. The summed E-state index contributed by atoms with van der Waals surface area (Å²) < 4.78 is 45.7. The predicted molar refractivity (Wildman–Crippen MR) is 129 cm³/mol. The number of alkyl halides is 3. The van der Waals surface area contributed by atoms with E-state index in [0.29, 0.717) is 10.8 Å². The number of halogens is 4. The Morgan fingerprint density at radius 3 is 2.54 bits per heavy atom. The second-order valence-corrected chi connectivity index (χ2v) is 8.54. The van der Waals surface area contributed by atoms with Crippen molar-refractivity contribution in [1.29, 1.82) is 0 Å². The fourth-order valence-corrected chi connectivity index (χ4v) is 3.95. The molecular weight excluding hydrogens is 537 g/mol. The van der Waals surface area contributed by atoms with E-state index in [-0.39, 0.29) is 22.1 Å². The summed E-state index contributed by atoms with van der Waals surface area (Å²) in [6, 6.07) is 9.80. The third-order valence-electron chi connectivity index (χ3n) is 4.31. The molecule has 37 heavy (non-hydrogen) atoms. The Bertz CT molecular complexity index is 1310. The zero-order valence-corrected chi connectivity index (χ0v) is 20.5. The van der Waals surface area contributed by atoms with Crippen molar-refractivity contribution < 1.29 is 37.0 Å². The molecule has 0 aliphatic heterocycles. The molecule has 0 unspecified atom stereocenters. The van der Waals surface area contributed by atoms with Crippen molar-refractivity contribution in [3.63, 3.8) is 0 Å². The van der Waals surface area contributed by atoms with Gasteiger partial charge in [0, 0.05) is 30.8 Å². The van der Waals surface area contributed by atoms with E-state index in [0.717, 1.165) is 17.7 Å². The Balaban J connectivity index is 1.65. The molecule has 14 heteroatoms. The van der Waals surface area contributed by atoms with Crippen LogP contribution in [-0.2, 0) is 20.1 Å². The molecule has 0 saturated heterocycles. The van der Waals surface area contributed by atoms with E-state index >= 15 is 0 Å². The third kappa shape index (κ3) is 8.95. The highest BCUT2D eigenvalue weighted by Crippen LogP contribution is 2.32. The van der Waals surface area contributed by atoms with E-state index < -0.39 is 36.5 Å². The van der Waals surface area contributed by atoms with Crippen molar-refractivity contribution in [3.8, 4) is 5.75 Å². The normalized spacial score (nSPS) is 10.9. The Labute approximate surface area is 217 Å². The highest BCUT2D eigenvalue weighted by atomic mass is 35.5. The van der Waals surface area contributed by atoms with Gasteiger partial charge in [-0.25, -0.2) is 9.97 Å². The smallest absolute Gasteiger partial charge is 0.456 e. The number of thioether (sulfide) groups is 1. The zero-order valence-electron chi connectivity index (χ0n) is 19.0. The van der Waals surface area contributed by atoms with Crippen LogP contribution in [0, 0.1) is 0 Å². The molecule has 9 nitrogen and oxygen atoms in total. The first-order valence-electron chi connectivity index (χ1n) is 10.3. The van der Waals surface area contributed by atoms with Crippen LogP contribution in [-0.4, -0.2) is 40.7 Å². The van der Waals surface area contributed by atoms with E-state index in [4.69, 9.17) is 11.6 Å². The lowest BCUT2D eigenvalue weighted by Gasteiger charge is -2.13. The molecule has 2 N–H and O–H groups in total. The minimum absolute atomic E-state index is 0.160. The molecule has 0 saturated carbocycles. The van der Waals surface area contributed by atoms with Gasteiger partial charge in [-0.3, -0.25) is 14.4 Å². The van der Waals surface area contributed by atoms with Crippen molar-refractivity contribution in [1.82, 2.24) is 9.97 Å². The average molecular weight is 555 g/mol. The van der Waals surface area contributed by atoms with Crippen LogP contribution in [0.25, 0.3) is 0 Å². The molecule has 0 atom stereocenters. The molecule has 0 aliphatic carbocycles. The number of anilines is 2. The van der Waals surface area contributed by atoms with Crippen LogP contribution in [0.3, 0.4) is 0 Å². The highest BCUT2D eigenvalue weighted by molar-refractivity contribution is 7.98. The predicted octanol–water partition coefficient (Wildman–Crippen LogP) is 5.07. The van der Waals surface area contributed by atoms with Crippen molar-refractivity contribution >= 4 is 52.7 Å². The Morgan fingerprint density at radius 1 is 1.05 bits per heavy atom. The topological polar surface area (TPSA) is 120 Å². The van der Waals surface area contributed by atoms with Gasteiger partial charge < -0.3 is 20.1 Å². The number of aromatic nitrogens is 2. The number of rotatable bonds is 9. The van der Waals surface area contributed by atoms with Gasteiger partial charge in [-0.15, -0.1) is 24.9 Å². The molecule has 2 heterocycles. The van der Waals surface area contributed by atoms with Crippen LogP contribution in [0.5, 0.6) is 5.75 Å². The molecule has 0 aliphatic rings. The number of benzene rings is 1. The lowest BCUT2D eigenvalue weighted by atomic mass is 10.2. The number of esters is 1. The lowest BCUT2D eigenvalue weighted by Crippen LogP contribution is -2.20. The molecule has 2 amide bonds. The van der Waals surface area contributed by atoms with Crippen LogP contribution >= 0.6 is 23.4 Å². The average Bonchev–Trinajstić information content (AvgIpc) is 2.83. The molecule has 2 aromatic heterocycles. The van der Waals surface area contributed by atoms with Crippen molar-refractivity contribution in [2.75, 3.05) is 17.2 Å². The standard InChI is InChI=1S/C23H18ClF3N4O5S/c1-13(32)35-11-20(33)31-19-9-14(6-8-28-19)12-37-22-16(3-2-7-29-22)21(34)30-15-4-5-18(17(24)10-15)36-23(25,26)27/h2-10H,11-12H2,1H3,(H,30,34)(H,28,31,33). The molecule has 194 valence electrons. The molecule has 3 rings (SSSR count). The molecule has 0 fully saturated rings. The van der Waals surface area contributed by atoms with Crippen LogP contribution < -0.4 is 15.4 Å². The summed E-state index contributed by atoms with van der Waals surface area (Å²) in [4.78, 5) is 43.8. The summed E-state index contributed by atoms with van der Waals surface area (Å²) in [5, 5.41) is 5.15. The summed E-state index contributed by atoms with van der Waals surface area (Å²) in [7, 11) is 0. The maximum absolute atomic E-state index is 12.8. The van der Waals surface area contributed by atoms with Gasteiger partial charge in [0.1, 0.15) is 16.6 Å². The number of pyridine rings is 2. The molecular formula is C23H18ClF3N4O5S. The monoisotopic (exact) mass is 554 g/mol. The van der Waals surface area contributed by atoms with Crippen LogP contribution in [0.15, 0.2) is 59.9 Å². The van der Waals surface area contributed by atoms with Gasteiger partial charge in [0.15, 0.2) is 6.61 Å². The van der Waals surface area contributed by atoms with Gasteiger partial charge in [-0.2, -0.15) is 0 Å². The Kier molecular flexibility index (Phi) is 9.31. The van der Waals surface area contributed by atoms with Gasteiger partial charge in [0.05, 0.1) is 10.6 Å². The number of nitrogens with zero attached hydrogens (tertiary/aromatic N) is 2. The number of amides is 2. The summed E-state index contributed by atoms with van der Waals surface area (Å²) in [6.07, 6.45) is -1.91. The summed E-state index contributed by atoms with van der Waals surface area (Å²) >= 11 is 7.08. The minimum Gasteiger partial charge on any atom is -0.456 e. The molecule has 0 radical (unpaired) electrons. The van der Waals surface area contributed by atoms with Crippen LogP contribution in [0.1, 0.15) is 22.8 Å². The number of carbonyl (C=O) groups is 3. The van der Waals surface area contributed by atoms with Crippen molar-refractivity contribution in [3.05, 3.63) is 71.0 Å². The number of hydrogen-bond donors (Lipinski definition) is 2. The highest BCUT2D eigenvalue weighted by Gasteiger charge is 2.32. The molecule has 1 aromatic carbocycles. The SMILES string of the molecule is CC(=O)OCC(=O)Nc1cc(CSc2ncccc2C(=O)Nc2ccc(OC(F)(F)F)c(Cl)c2)ccn1. The van der Waals surface area contributed by atoms with E-state index in [1.165, 1.54) is 37.1 Å². The third-order valence-corrected chi connectivity index (χ3v) is 5.68. The largest absolute Gasteiger partial charge is 0.573 e. The second-order valence-electron chi connectivity index (χ2n) is 7.17. The first-order chi connectivity index (χ1) is 17.5. The lowest BCUT2D eigenvalue weighted by molar-refractivity contribution is -0.274. The van der Waals surface area contributed by atoms with Crippen LogP contribution in [0.2, 0.25) is 5.02 Å². The number of carbonyl (C=O) groups excluding carboxylic acids is 3. The van der Waals surface area contributed by atoms with Crippen molar-refractivity contribution in [2.45, 2.75) is 24.1 Å². The summed E-state index contributed by atoms with van der Waals surface area (Å²) in [5.74, 6) is -1.66. The number of hydrogen-bond acceptors (Lipinski definition) is 8. The zero-order chi connectivity index (χ0) is 27.0. The first kappa shape index (κ1) is 27.7. The molecule has 3 aromatic rings. The minimum atomic E-state index is -4.90. The second kappa shape index (κ2) is 12.4. The maximum atomic E-state index is 12.8. The Hall–Kier alpha value is -3.84. The van der Waals surface area contributed by atoms with Gasteiger partial charge in [-0.1, -0.05) is 11.6 Å². The van der Waals surface area contributed by atoms with Crippen LogP contribution in [0.4, 0.5) is 24.7 Å². The Morgan fingerprint density at radius 2 is 1.84 bits per heavy atom. The van der Waals surface area contributed by atoms with Gasteiger partial charge in [0.25, 0.3) is 11.8 Å². The van der Waals surface area contributed by atoms with E-state index in [1.807, 2.05) is 0 Å². The van der Waals surface area contributed by atoms with Crippen molar-refractivity contribution in [2.24, 2.45) is 0 Å². The quantitative estimate of drug-likeness (QED) is 0.278. The first-order valence-corrected chi connectivity index (χ1v) is 11.7. The molecule has 0 spiro atoms. The maximum Gasteiger partial charge on any atom is 0.573 e. The summed E-state index contributed by atoms with van der Waals surface area (Å²) in [5.41, 5.74) is 1.14. The fourth-order valence-electron chi connectivity index (χ4n) is 2.79. The van der Waals surface area contributed by atoms with Gasteiger partial charge >= 0.3 is 12.3 Å². The van der Waals surface area contributed by atoms with E-state index in [9.17, 15) is 27.6 Å². The van der Waals surface area contributed by atoms with Gasteiger partial charge in [0.2, 0.25) is 0 Å².